The second-order valence-corrected chi connectivity index (χ2v) is 6.03. The van der Waals surface area contributed by atoms with Crippen molar-refractivity contribution in [1.29, 1.82) is 0 Å². The molecule has 0 aliphatic carbocycles. The van der Waals surface area contributed by atoms with E-state index in [1.165, 1.54) is 6.07 Å². The average molecular weight is 264 g/mol. The summed E-state index contributed by atoms with van der Waals surface area (Å²) >= 11 is 0. The van der Waals surface area contributed by atoms with Gasteiger partial charge >= 0.3 is 0 Å². The summed E-state index contributed by atoms with van der Waals surface area (Å²) in [6.45, 7) is 7.64. The maximum atomic E-state index is 13.8. The number of hydrogen-bond donors (Lipinski definition) is 1. The first-order valence-electron chi connectivity index (χ1n) is 6.67. The molecule has 0 saturated carbocycles. The van der Waals surface area contributed by atoms with Crippen LogP contribution in [0.1, 0.15) is 32.4 Å². The quantitative estimate of drug-likeness (QED) is 0.844. The lowest BCUT2D eigenvalue weighted by Crippen LogP contribution is -2.51. The molecule has 4 heteroatoms. The predicted molar refractivity (Wildman–Crippen MR) is 73.2 cm³/mol. The molecule has 2 rings (SSSR count). The van der Waals surface area contributed by atoms with Gasteiger partial charge in [-0.05, 0) is 6.07 Å². The van der Waals surface area contributed by atoms with Crippen molar-refractivity contribution in [2.45, 2.75) is 26.8 Å². The Balaban J connectivity index is 2.14. The molecule has 3 nitrogen and oxygen atoms in total. The zero-order valence-electron chi connectivity index (χ0n) is 11.7. The molecule has 1 N–H and O–H groups in total. The molecule has 0 aromatic heterocycles. The normalized spacial score (nSPS) is 20.4. The summed E-state index contributed by atoms with van der Waals surface area (Å²) in [4.78, 5) is 14.1. The summed E-state index contributed by atoms with van der Waals surface area (Å²) in [6, 6.07) is 6.62. The number of hydrogen-bond acceptors (Lipinski definition) is 2. The second-order valence-electron chi connectivity index (χ2n) is 6.03. The molecule has 1 aromatic rings. The monoisotopic (exact) mass is 264 g/mol. The molecular weight excluding hydrogens is 243 g/mol. The van der Waals surface area contributed by atoms with E-state index in [1.807, 2.05) is 31.7 Å². The maximum Gasteiger partial charge on any atom is 0.228 e. The van der Waals surface area contributed by atoms with Crippen molar-refractivity contribution < 1.29 is 9.18 Å². The van der Waals surface area contributed by atoms with Gasteiger partial charge in [0.05, 0.1) is 6.04 Å². The van der Waals surface area contributed by atoms with E-state index in [4.69, 9.17) is 0 Å². The van der Waals surface area contributed by atoms with E-state index in [-0.39, 0.29) is 17.8 Å². The molecule has 0 radical (unpaired) electrons. The lowest BCUT2D eigenvalue weighted by Gasteiger charge is -2.37. The molecule has 1 amide bonds. The number of carbonyl (C=O) groups excluding carboxylic acids is 1. The molecule has 1 unspecified atom stereocenters. The third-order valence-corrected chi connectivity index (χ3v) is 3.38. The molecule has 1 heterocycles. The second kappa shape index (κ2) is 5.29. The van der Waals surface area contributed by atoms with Gasteiger partial charge in [0.1, 0.15) is 5.82 Å². The van der Waals surface area contributed by atoms with E-state index >= 15 is 0 Å². The predicted octanol–water partition coefficient (Wildman–Crippen LogP) is 2.34. The summed E-state index contributed by atoms with van der Waals surface area (Å²) in [6.07, 6.45) is 0. The van der Waals surface area contributed by atoms with Crippen LogP contribution in [0.15, 0.2) is 24.3 Å². The Hall–Kier alpha value is -1.42. The fourth-order valence-corrected chi connectivity index (χ4v) is 2.37. The van der Waals surface area contributed by atoms with E-state index in [9.17, 15) is 9.18 Å². The van der Waals surface area contributed by atoms with Gasteiger partial charge in [0.15, 0.2) is 0 Å². The van der Waals surface area contributed by atoms with Crippen LogP contribution in [0.4, 0.5) is 4.39 Å². The van der Waals surface area contributed by atoms with Crippen molar-refractivity contribution in [3.63, 3.8) is 0 Å². The van der Waals surface area contributed by atoms with Gasteiger partial charge in [0, 0.05) is 30.6 Å². The van der Waals surface area contributed by atoms with Crippen LogP contribution in [-0.4, -0.2) is 30.4 Å². The number of rotatable bonds is 1. The lowest BCUT2D eigenvalue weighted by molar-refractivity contribution is -0.140. The first-order chi connectivity index (χ1) is 8.89. The van der Waals surface area contributed by atoms with Crippen LogP contribution >= 0.6 is 0 Å². The van der Waals surface area contributed by atoms with Gasteiger partial charge in [0.25, 0.3) is 0 Å². The number of nitrogens with one attached hydrogen (secondary N) is 1. The Labute approximate surface area is 113 Å². The first-order valence-corrected chi connectivity index (χ1v) is 6.67. The fraction of sp³-hybridized carbons (Fsp3) is 0.533. The van der Waals surface area contributed by atoms with Gasteiger partial charge in [-0.1, -0.05) is 39.0 Å². The number of piperazine rings is 1. The van der Waals surface area contributed by atoms with E-state index in [0.717, 1.165) is 0 Å². The van der Waals surface area contributed by atoms with Crippen molar-refractivity contribution in [1.82, 2.24) is 10.2 Å². The van der Waals surface area contributed by atoms with Gasteiger partial charge < -0.3 is 10.2 Å². The van der Waals surface area contributed by atoms with Crippen LogP contribution in [-0.2, 0) is 4.79 Å². The smallest absolute Gasteiger partial charge is 0.228 e. The van der Waals surface area contributed by atoms with Gasteiger partial charge in [-0.15, -0.1) is 0 Å². The van der Waals surface area contributed by atoms with Crippen LogP contribution < -0.4 is 5.32 Å². The molecule has 1 aliphatic heterocycles. The summed E-state index contributed by atoms with van der Waals surface area (Å²) in [5.41, 5.74) is 0.242. The molecule has 19 heavy (non-hydrogen) atoms. The number of carbonyl (C=O) groups is 1. The van der Waals surface area contributed by atoms with Crippen molar-refractivity contribution in [3.8, 4) is 0 Å². The van der Waals surface area contributed by atoms with E-state index in [2.05, 4.69) is 5.32 Å². The Kier molecular flexibility index (Phi) is 3.90. The van der Waals surface area contributed by atoms with Crippen molar-refractivity contribution >= 4 is 5.91 Å². The Morgan fingerprint density at radius 1 is 1.37 bits per heavy atom. The number of nitrogens with zero attached hydrogens (tertiary/aromatic N) is 1. The third-order valence-electron chi connectivity index (χ3n) is 3.38. The summed E-state index contributed by atoms with van der Waals surface area (Å²) in [7, 11) is 0. The van der Waals surface area contributed by atoms with E-state index in [1.54, 1.807) is 12.1 Å². The molecule has 1 atom stereocenters. The van der Waals surface area contributed by atoms with E-state index in [0.29, 0.717) is 25.2 Å². The maximum absolute atomic E-state index is 13.8. The zero-order chi connectivity index (χ0) is 14.0. The average Bonchev–Trinajstić information content (AvgIpc) is 2.37. The third kappa shape index (κ3) is 3.13. The number of amides is 1. The highest BCUT2D eigenvalue weighted by molar-refractivity contribution is 5.81. The van der Waals surface area contributed by atoms with Crippen LogP contribution in [0.25, 0.3) is 0 Å². The van der Waals surface area contributed by atoms with Crippen LogP contribution in [0.3, 0.4) is 0 Å². The minimum Gasteiger partial charge on any atom is -0.339 e. The Bertz CT molecular complexity index is 467. The summed E-state index contributed by atoms with van der Waals surface area (Å²) in [5.74, 6) is -0.0969. The summed E-state index contributed by atoms with van der Waals surface area (Å²) < 4.78 is 13.8. The molecule has 0 spiro atoms. The van der Waals surface area contributed by atoms with Gasteiger partial charge in [-0.2, -0.15) is 0 Å². The van der Waals surface area contributed by atoms with Gasteiger partial charge in [-0.25, -0.2) is 4.39 Å². The van der Waals surface area contributed by atoms with Crippen molar-refractivity contribution in [3.05, 3.63) is 35.6 Å². The van der Waals surface area contributed by atoms with Crippen LogP contribution in [0.2, 0.25) is 0 Å². The van der Waals surface area contributed by atoms with Gasteiger partial charge in [-0.3, -0.25) is 4.79 Å². The molecule has 1 aromatic carbocycles. The molecule has 1 fully saturated rings. The number of benzene rings is 1. The number of halogens is 1. The summed E-state index contributed by atoms with van der Waals surface area (Å²) in [5, 5.41) is 3.28. The Morgan fingerprint density at radius 2 is 2.05 bits per heavy atom. The first kappa shape index (κ1) is 14.0. The van der Waals surface area contributed by atoms with E-state index < -0.39 is 5.41 Å². The molecule has 104 valence electrons. The van der Waals surface area contributed by atoms with Crippen molar-refractivity contribution in [2.75, 3.05) is 19.6 Å². The van der Waals surface area contributed by atoms with Gasteiger partial charge in [0.2, 0.25) is 5.91 Å². The molecule has 1 aliphatic rings. The highest BCUT2D eigenvalue weighted by atomic mass is 19.1. The minimum atomic E-state index is -0.392. The SMILES string of the molecule is CC(C)(C)C(=O)N1CCNC(c2ccccc2F)C1. The highest BCUT2D eigenvalue weighted by Crippen LogP contribution is 2.24. The Morgan fingerprint density at radius 3 is 2.68 bits per heavy atom. The van der Waals surface area contributed by atoms with Crippen LogP contribution in [0, 0.1) is 11.2 Å². The zero-order valence-corrected chi connectivity index (χ0v) is 11.7. The highest BCUT2D eigenvalue weighted by Gasteiger charge is 2.31. The topological polar surface area (TPSA) is 32.3 Å². The standard InChI is InChI=1S/C15H21FN2O/c1-15(2,3)14(19)18-9-8-17-13(10-18)11-6-4-5-7-12(11)16/h4-7,13,17H,8-10H2,1-3H3. The van der Waals surface area contributed by atoms with Crippen molar-refractivity contribution in [2.24, 2.45) is 5.41 Å². The minimum absolute atomic E-state index is 0.121. The fourth-order valence-electron chi connectivity index (χ4n) is 2.37. The molecular formula is C15H21FN2O. The lowest BCUT2D eigenvalue weighted by atomic mass is 9.93. The molecule has 0 bridgehead atoms. The largest absolute Gasteiger partial charge is 0.339 e. The molecule has 1 saturated heterocycles. The van der Waals surface area contributed by atoms with Crippen LogP contribution in [0.5, 0.6) is 0 Å².